The Bertz CT molecular complexity index is 1160. The number of rotatable bonds is 6. The molecule has 4 rings (SSSR count). The molecular formula is C21H25N3O3S2. The number of thiazole rings is 1. The highest BCUT2D eigenvalue weighted by Gasteiger charge is 2.16. The number of hydrogen-bond donors (Lipinski definition) is 1. The lowest BCUT2D eigenvalue weighted by atomic mass is 10.1. The maximum atomic E-state index is 12.7. The van der Waals surface area contributed by atoms with Gasteiger partial charge in [-0.2, -0.15) is 0 Å². The molecule has 29 heavy (non-hydrogen) atoms. The summed E-state index contributed by atoms with van der Waals surface area (Å²) in [6.07, 6.45) is 3.86. The standard InChI is InChI=1S/C21H25N3O3S2/c1-23-19-10-9-18(13-20(19)28-21(23)25)29(26,27)22-14-16-5-7-17(8-6-16)15-24-11-3-2-4-12-24/h5-10,13,22H,2-4,11-12,14-15H2,1H3. The van der Waals surface area contributed by atoms with Gasteiger partial charge < -0.3 is 4.57 Å². The number of sulfonamides is 1. The van der Waals surface area contributed by atoms with Crippen LogP contribution in [0.1, 0.15) is 30.4 Å². The van der Waals surface area contributed by atoms with Gasteiger partial charge in [0.2, 0.25) is 10.0 Å². The number of aromatic nitrogens is 1. The molecule has 2 aromatic carbocycles. The minimum Gasteiger partial charge on any atom is -0.302 e. The first-order valence-electron chi connectivity index (χ1n) is 9.82. The number of aryl methyl sites for hydroxylation is 1. The molecule has 0 saturated carbocycles. The Morgan fingerprint density at radius 2 is 1.69 bits per heavy atom. The average molecular weight is 432 g/mol. The molecule has 6 nitrogen and oxygen atoms in total. The molecule has 1 fully saturated rings. The zero-order chi connectivity index (χ0) is 20.4. The van der Waals surface area contributed by atoms with E-state index >= 15 is 0 Å². The third kappa shape index (κ3) is 4.61. The topological polar surface area (TPSA) is 71.4 Å². The molecule has 0 amide bonds. The molecule has 1 aliphatic rings. The Morgan fingerprint density at radius 3 is 2.41 bits per heavy atom. The summed E-state index contributed by atoms with van der Waals surface area (Å²) < 4.78 is 30.2. The number of nitrogens with zero attached hydrogens (tertiary/aromatic N) is 2. The predicted octanol–water partition coefficient (Wildman–Crippen LogP) is 3.06. The van der Waals surface area contributed by atoms with Crippen LogP contribution in [0.15, 0.2) is 52.2 Å². The Morgan fingerprint density at radius 1 is 1.00 bits per heavy atom. The SMILES string of the molecule is Cn1c(=O)sc2cc(S(=O)(=O)NCc3ccc(CN4CCCCC4)cc3)ccc21. The summed E-state index contributed by atoms with van der Waals surface area (Å²) in [6.45, 7) is 3.49. The molecule has 0 aliphatic carbocycles. The van der Waals surface area contributed by atoms with E-state index in [1.54, 1.807) is 25.2 Å². The minimum atomic E-state index is -3.65. The van der Waals surface area contributed by atoms with Crippen LogP contribution >= 0.6 is 11.3 Å². The van der Waals surface area contributed by atoms with E-state index in [1.807, 2.05) is 12.1 Å². The number of likely N-dealkylation sites (tertiary alicyclic amines) is 1. The Hall–Kier alpha value is -2.00. The lowest BCUT2D eigenvalue weighted by molar-refractivity contribution is 0.221. The van der Waals surface area contributed by atoms with Gasteiger partial charge in [0.15, 0.2) is 0 Å². The molecule has 0 radical (unpaired) electrons. The largest absolute Gasteiger partial charge is 0.307 e. The van der Waals surface area contributed by atoms with Crippen LogP contribution in [0.25, 0.3) is 10.2 Å². The average Bonchev–Trinajstić information content (AvgIpc) is 3.01. The van der Waals surface area contributed by atoms with Crippen molar-refractivity contribution in [2.24, 2.45) is 7.05 Å². The van der Waals surface area contributed by atoms with Crippen molar-refractivity contribution in [3.63, 3.8) is 0 Å². The molecule has 3 aromatic rings. The van der Waals surface area contributed by atoms with E-state index in [0.29, 0.717) is 4.70 Å². The van der Waals surface area contributed by atoms with E-state index in [1.165, 1.54) is 29.4 Å². The smallest absolute Gasteiger partial charge is 0.302 e. The van der Waals surface area contributed by atoms with Gasteiger partial charge in [-0.15, -0.1) is 0 Å². The van der Waals surface area contributed by atoms with E-state index in [0.717, 1.165) is 42.1 Å². The molecule has 0 bridgehead atoms. The Balaban J connectivity index is 1.41. The van der Waals surface area contributed by atoms with Crippen LogP contribution in [0.3, 0.4) is 0 Å². The van der Waals surface area contributed by atoms with Crippen molar-refractivity contribution < 1.29 is 8.42 Å². The highest BCUT2D eigenvalue weighted by atomic mass is 32.2. The Kier molecular flexibility index (Phi) is 5.87. The number of fused-ring (bicyclic) bond motifs is 1. The van der Waals surface area contributed by atoms with E-state index in [2.05, 4.69) is 21.8 Å². The Labute approximate surface area is 174 Å². The fraction of sp³-hybridized carbons (Fsp3) is 0.381. The lowest BCUT2D eigenvalue weighted by Crippen LogP contribution is -2.29. The molecule has 1 aromatic heterocycles. The summed E-state index contributed by atoms with van der Waals surface area (Å²) in [5.74, 6) is 0. The molecule has 8 heteroatoms. The number of piperidine rings is 1. The first-order valence-corrected chi connectivity index (χ1v) is 12.1. The van der Waals surface area contributed by atoms with Crippen molar-refractivity contribution in [1.82, 2.24) is 14.2 Å². The monoisotopic (exact) mass is 431 g/mol. The van der Waals surface area contributed by atoms with Crippen LogP contribution < -0.4 is 9.60 Å². The second-order valence-corrected chi connectivity index (χ2v) is 10.3. The van der Waals surface area contributed by atoms with Crippen molar-refractivity contribution in [1.29, 1.82) is 0 Å². The molecule has 1 saturated heterocycles. The van der Waals surface area contributed by atoms with Crippen LogP contribution in [0.5, 0.6) is 0 Å². The van der Waals surface area contributed by atoms with Crippen LogP contribution in [-0.2, 0) is 30.2 Å². The zero-order valence-corrected chi connectivity index (χ0v) is 18.1. The fourth-order valence-corrected chi connectivity index (χ4v) is 5.72. The van der Waals surface area contributed by atoms with Gasteiger partial charge in [-0.1, -0.05) is 42.0 Å². The first-order chi connectivity index (χ1) is 13.9. The maximum Gasteiger partial charge on any atom is 0.307 e. The number of nitrogens with one attached hydrogen (secondary N) is 1. The van der Waals surface area contributed by atoms with Crippen LogP contribution in [-0.4, -0.2) is 31.0 Å². The molecule has 0 unspecified atom stereocenters. The van der Waals surface area contributed by atoms with Crippen molar-refractivity contribution in [3.8, 4) is 0 Å². The highest BCUT2D eigenvalue weighted by Crippen LogP contribution is 2.21. The molecule has 154 valence electrons. The minimum absolute atomic E-state index is 0.104. The van der Waals surface area contributed by atoms with Crippen molar-refractivity contribution in [2.45, 2.75) is 37.2 Å². The van der Waals surface area contributed by atoms with Crippen LogP contribution in [0, 0.1) is 0 Å². The van der Waals surface area contributed by atoms with Crippen LogP contribution in [0.4, 0.5) is 0 Å². The lowest BCUT2D eigenvalue weighted by Gasteiger charge is -2.26. The molecule has 0 atom stereocenters. The van der Waals surface area contributed by atoms with Crippen molar-refractivity contribution in [3.05, 3.63) is 63.3 Å². The summed E-state index contributed by atoms with van der Waals surface area (Å²) in [5.41, 5.74) is 2.91. The highest BCUT2D eigenvalue weighted by molar-refractivity contribution is 7.89. The van der Waals surface area contributed by atoms with Gasteiger partial charge in [-0.3, -0.25) is 9.69 Å². The molecular weight excluding hydrogens is 406 g/mol. The van der Waals surface area contributed by atoms with Crippen LogP contribution in [0.2, 0.25) is 0 Å². The second-order valence-electron chi connectivity index (χ2n) is 7.53. The van der Waals surface area contributed by atoms with Gasteiger partial charge in [0.05, 0.1) is 15.1 Å². The van der Waals surface area contributed by atoms with Gasteiger partial charge in [0.25, 0.3) is 0 Å². The third-order valence-electron chi connectivity index (χ3n) is 5.42. The second kappa shape index (κ2) is 8.39. The van der Waals surface area contributed by atoms with Crippen molar-refractivity contribution >= 4 is 31.6 Å². The normalized spacial score (nSPS) is 15.8. The number of benzene rings is 2. The maximum absolute atomic E-state index is 12.7. The summed E-state index contributed by atoms with van der Waals surface area (Å²) in [4.78, 5) is 14.3. The quantitative estimate of drug-likeness (QED) is 0.651. The summed E-state index contributed by atoms with van der Waals surface area (Å²) in [5, 5.41) is 0. The summed E-state index contributed by atoms with van der Waals surface area (Å²) >= 11 is 1.05. The first kappa shape index (κ1) is 20.3. The summed E-state index contributed by atoms with van der Waals surface area (Å²) in [6, 6.07) is 12.9. The van der Waals surface area contributed by atoms with Gasteiger partial charge in [-0.05, 0) is 55.3 Å². The molecule has 1 aliphatic heterocycles. The fourth-order valence-electron chi connectivity index (χ4n) is 3.68. The predicted molar refractivity (Wildman–Crippen MR) is 117 cm³/mol. The van der Waals surface area contributed by atoms with Gasteiger partial charge >= 0.3 is 4.87 Å². The van der Waals surface area contributed by atoms with Gasteiger partial charge in [0.1, 0.15) is 0 Å². The van der Waals surface area contributed by atoms with Gasteiger partial charge in [0, 0.05) is 20.1 Å². The molecule has 0 spiro atoms. The summed E-state index contributed by atoms with van der Waals surface area (Å²) in [7, 11) is -1.97. The van der Waals surface area contributed by atoms with Gasteiger partial charge in [-0.25, -0.2) is 13.1 Å². The zero-order valence-electron chi connectivity index (χ0n) is 16.4. The molecule has 1 N–H and O–H groups in total. The van der Waals surface area contributed by atoms with Crippen molar-refractivity contribution in [2.75, 3.05) is 13.1 Å². The number of hydrogen-bond acceptors (Lipinski definition) is 5. The van der Waals surface area contributed by atoms with E-state index < -0.39 is 10.0 Å². The third-order valence-corrected chi connectivity index (χ3v) is 7.81. The van der Waals surface area contributed by atoms with E-state index in [-0.39, 0.29) is 16.3 Å². The van der Waals surface area contributed by atoms with E-state index in [4.69, 9.17) is 0 Å². The van der Waals surface area contributed by atoms with E-state index in [9.17, 15) is 13.2 Å². The molecule has 2 heterocycles.